The first-order valence-corrected chi connectivity index (χ1v) is 4.49. The summed E-state index contributed by atoms with van der Waals surface area (Å²) < 4.78 is 0. The number of carboxylic acid groups (broad SMARTS) is 1. The van der Waals surface area contributed by atoms with Crippen molar-refractivity contribution in [1.82, 2.24) is 4.98 Å². The molecule has 1 heterocycles. The Hall–Kier alpha value is -1.64. The molecule has 0 aliphatic rings. The average Bonchev–Trinajstić information content (AvgIpc) is 2.19. The summed E-state index contributed by atoms with van der Waals surface area (Å²) in [6.45, 7) is 1.69. The minimum atomic E-state index is -0.763. The van der Waals surface area contributed by atoms with E-state index in [0.29, 0.717) is 6.42 Å². The van der Waals surface area contributed by atoms with Crippen molar-refractivity contribution in [2.24, 2.45) is 5.92 Å². The first-order chi connectivity index (χ1) is 6.70. The third-order valence-corrected chi connectivity index (χ3v) is 1.91. The van der Waals surface area contributed by atoms with Gasteiger partial charge in [-0.3, -0.25) is 9.78 Å². The summed E-state index contributed by atoms with van der Waals surface area (Å²) in [5.74, 6) is -1.09. The van der Waals surface area contributed by atoms with E-state index in [1.165, 1.54) is 0 Å². The van der Waals surface area contributed by atoms with Crippen LogP contribution in [0.3, 0.4) is 0 Å². The fraction of sp³-hybridized carbons (Fsp3) is 0.273. The highest BCUT2D eigenvalue weighted by Crippen LogP contribution is 2.05. The van der Waals surface area contributed by atoms with Gasteiger partial charge in [0.15, 0.2) is 0 Å². The van der Waals surface area contributed by atoms with E-state index in [1.807, 2.05) is 24.3 Å². The Morgan fingerprint density at radius 1 is 1.71 bits per heavy atom. The summed E-state index contributed by atoms with van der Waals surface area (Å²) in [4.78, 5) is 14.4. The van der Waals surface area contributed by atoms with E-state index in [1.54, 1.807) is 19.3 Å². The van der Waals surface area contributed by atoms with Crippen LogP contribution in [0.4, 0.5) is 0 Å². The van der Waals surface area contributed by atoms with E-state index in [0.717, 1.165) is 5.56 Å². The number of hydrogen-bond donors (Lipinski definition) is 1. The number of pyridine rings is 1. The van der Waals surface area contributed by atoms with Crippen LogP contribution in [0.2, 0.25) is 0 Å². The molecule has 1 aromatic rings. The smallest absolute Gasteiger partial charge is 0.306 e. The molecule has 0 aromatic carbocycles. The van der Waals surface area contributed by atoms with Crippen LogP contribution in [-0.4, -0.2) is 16.1 Å². The number of allylic oxidation sites excluding steroid dienone is 1. The van der Waals surface area contributed by atoms with Crippen LogP contribution in [0.15, 0.2) is 30.6 Å². The molecule has 0 saturated heterocycles. The van der Waals surface area contributed by atoms with Crippen LogP contribution in [0, 0.1) is 5.92 Å². The Morgan fingerprint density at radius 3 is 3.07 bits per heavy atom. The summed E-state index contributed by atoms with van der Waals surface area (Å²) in [6, 6.07) is 3.77. The number of carbonyl (C=O) groups is 1. The predicted octanol–water partition coefficient (Wildman–Crippen LogP) is 2.21. The highest BCUT2D eigenvalue weighted by Gasteiger charge is 2.07. The lowest BCUT2D eigenvalue weighted by Gasteiger charge is -1.99. The lowest BCUT2D eigenvalue weighted by atomic mass is 10.1. The van der Waals surface area contributed by atoms with Gasteiger partial charge in [0.25, 0.3) is 0 Å². The molecule has 0 spiro atoms. The van der Waals surface area contributed by atoms with Crippen LogP contribution in [-0.2, 0) is 4.79 Å². The zero-order chi connectivity index (χ0) is 10.4. The number of aromatic nitrogens is 1. The maximum Gasteiger partial charge on any atom is 0.306 e. The normalized spacial score (nSPS) is 12.9. The van der Waals surface area contributed by atoms with Gasteiger partial charge in [-0.15, -0.1) is 0 Å². The van der Waals surface area contributed by atoms with Crippen molar-refractivity contribution in [3.8, 4) is 0 Å². The molecule has 74 valence electrons. The topological polar surface area (TPSA) is 50.2 Å². The summed E-state index contributed by atoms with van der Waals surface area (Å²) in [7, 11) is 0. The molecule has 0 amide bonds. The van der Waals surface area contributed by atoms with Gasteiger partial charge in [-0.05, 0) is 18.1 Å². The molecule has 0 bridgehead atoms. The molecule has 0 saturated carbocycles. The third kappa shape index (κ3) is 3.39. The first-order valence-electron chi connectivity index (χ1n) is 4.49. The zero-order valence-electron chi connectivity index (χ0n) is 8.05. The molecule has 3 nitrogen and oxygen atoms in total. The molecular formula is C11H13NO2. The molecule has 14 heavy (non-hydrogen) atoms. The molecule has 0 aliphatic carbocycles. The second kappa shape index (κ2) is 5.17. The molecule has 1 aromatic heterocycles. The van der Waals surface area contributed by atoms with E-state index >= 15 is 0 Å². The summed E-state index contributed by atoms with van der Waals surface area (Å²) in [6.07, 6.45) is 7.73. The number of nitrogens with zero attached hydrogens (tertiary/aromatic N) is 1. The zero-order valence-corrected chi connectivity index (χ0v) is 8.05. The van der Waals surface area contributed by atoms with Crippen molar-refractivity contribution in [2.45, 2.75) is 13.3 Å². The second-order valence-corrected chi connectivity index (χ2v) is 3.16. The molecular weight excluding hydrogens is 178 g/mol. The molecule has 1 unspecified atom stereocenters. The van der Waals surface area contributed by atoms with Crippen LogP contribution in [0.1, 0.15) is 18.9 Å². The summed E-state index contributed by atoms with van der Waals surface area (Å²) >= 11 is 0. The summed E-state index contributed by atoms with van der Waals surface area (Å²) in [5.41, 5.74) is 0.991. The van der Waals surface area contributed by atoms with Gasteiger partial charge >= 0.3 is 5.97 Å². The van der Waals surface area contributed by atoms with Crippen molar-refractivity contribution in [2.75, 3.05) is 0 Å². The van der Waals surface area contributed by atoms with Crippen molar-refractivity contribution in [3.63, 3.8) is 0 Å². The molecule has 1 rings (SSSR count). The standard InChI is InChI=1S/C11H13NO2/c1-9(11(13)14)4-2-5-10-6-3-7-12-8-10/h2-3,5-9H,4H2,1H3,(H,13,14). The fourth-order valence-corrected chi connectivity index (χ4v) is 0.984. The molecule has 1 atom stereocenters. The van der Waals surface area contributed by atoms with Gasteiger partial charge in [-0.25, -0.2) is 0 Å². The number of rotatable bonds is 4. The number of carboxylic acids is 1. The highest BCUT2D eigenvalue weighted by molar-refractivity contribution is 5.69. The molecule has 0 aliphatic heterocycles. The van der Waals surface area contributed by atoms with Crippen molar-refractivity contribution in [1.29, 1.82) is 0 Å². The average molecular weight is 191 g/mol. The fourth-order valence-electron chi connectivity index (χ4n) is 0.984. The quantitative estimate of drug-likeness (QED) is 0.793. The first kappa shape index (κ1) is 10.4. The van der Waals surface area contributed by atoms with Gasteiger partial charge in [-0.1, -0.05) is 25.1 Å². The monoisotopic (exact) mass is 191 g/mol. The SMILES string of the molecule is CC(CC=Cc1cccnc1)C(=O)O. The molecule has 0 fully saturated rings. The Bertz CT molecular complexity index is 319. The maximum absolute atomic E-state index is 10.5. The molecule has 0 radical (unpaired) electrons. The third-order valence-electron chi connectivity index (χ3n) is 1.91. The van der Waals surface area contributed by atoms with Gasteiger partial charge in [0.05, 0.1) is 5.92 Å². The minimum absolute atomic E-state index is 0.331. The van der Waals surface area contributed by atoms with Gasteiger partial charge in [0, 0.05) is 12.4 Å². The van der Waals surface area contributed by atoms with Crippen molar-refractivity contribution in [3.05, 3.63) is 36.2 Å². The van der Waals surface area contributed by atoms with Gasteiger partial charge < -0.3 is 5.11 Å². The van der Waals surface area contributed by atoms with E-state index in [4.69, 9.17) is 5.11 Å². The Morgan fingerprint density at radius 2 is 2.50 bits per heavy atom. The summed E-state index contributed by atoms with van der Waals surface area (Å²) in [5, 5.41) is 8.63. The van der Waals surface area contributed by atoms with Crippen LogP contribution >= 0.6 is 0 Å². The molecule has 3 heteroatoms. The Balaban J connectivity index is 2.46. The van der Waals surface area contributed by atoms with Crippen molar-refractivity contribution < 1.29 is 9.90 Å². The minimum Gasteiger partial charge on any atom is -0.481 e. The van der Waals surface area contributed by atoms with E-state index in [9.17, 15) is 4.79 Å². The van der Waals surface area contributed by atoms with E-state index in [-0.39, 0.29) is 5.92 Å². The van der Waals surface area contributed by atoms with Crippen LogP contribution in [0.5, 0.6) is 0 Å². The Kier molecular flexibility index (Phi) is 3.85. The van der Waals surface area contributed by atoms with Crippen LogP contribution in [0.25, 0.3) is 6.08 Å². The lowest BCUT2D eigenvalue weighted by Crippen LogP contribution is -2.07. The Labute approximate surface area is 83.1 Å². The predicted molar refractivity (Wildman–Crippen MR) is 54.7 cm³/mol. The van der Waals surface area contributed by atoms with Gasteiger partial charge in [0.2, 0.25) is 0 Å². The number of hydrogen-bond acceptors (Lipinski definition) is 2. The van der Waals surface area contributed by atoms with E-state index in [2.05, 4.69) is 4.98 Å². The van der Waals surface area contributed by atoms with Gasteiger partial charge in [0.1, 0.15) is 0 Å². The maximum atomic E-state index is 10.5. The molecule has 1 N–H and O–H groups in total. The van der Waals surface area contributed by atoms with Crippen LogP contribution < -0.4 is 0 Å². The second-order valence-electron chi connectivity index (χ2n) is 3.16. The van der Waals surface area contributed by atoms with E-state index < -0.39 is 5.97 Å². The largest absolute Gasteiger partial charge is 0.481 e. The van der Waals surface area contributed by atoms with Crippen molar-refractivity contribution >= 4 is 12.0 Å². The number of aliphatic carboxylic acids is 1. The lowest BCUT2D eigenvalue weighted by molar-refractivity contribution is -0.140. The highest BCUT2D eigenvalue weighted by atomic mass is 16.4. The van der Waals surface area contributed by atoms with Gasteiger partial charge in [-0.2, -0.15) is 0 Å².